The van der Waals surface area contributed by atoms with Crippen LogP contribution in [0.2, 0.25) is 0 Å². The maximum absolute atomic E-state index is 9.17. The molecule has 11 heavy (non-hydrogen) atoms. The van der Waals surface area contributed by atoms with E-state index >= 15 is 0 Å². The van der Waals surface area contributed by atoms with E-state index in [1.165, 1.54) is 0 Å². The van der Waals surface area contributed by atoms with E-state index in [0.29, 0.717) is 0 Å². The lowest BCUT2D eigenvalue weighted by molar-refractivity contribution is -0.149. The minimum Gasteiger partial charge on any atom is -0.388 e. The van der Waals surface area contributed by atoms with E-state index in [-0.39, 0.29) is 6.61 Å². The zero-order chi connectivity index (χ0) is 8.01. The third-order valence-corrected chi connectivity index (χ3v) is 2.09. The molecule has 0 spiro atoms. The van der Waals surface area contributed by atoms with Crippen molar-refractivity contribution in [2.24, 2.45) is 0 Å². The summed E-state index contributed by atoms with van der Waals surface area (Å²) in [7, 11) is 0. The molecule has 64 valence electrons. The molecule has 0 aromatic carbocycles. The van der Waals surface area contributed by atoms with Gasteiger partial charge >= 0.3 is 0 Å². The monoisotopic (exact) mass is 162 g/mol. The highest BCUT2D eigenvalue weighted by atomic mass is 16.7. The highest BCUT2D eigenvalue weighted by molar-refractivity contribution is 4.95. The van der Waals surface area contributed by atoms with Crippen molar-refractivity contribution in [3.63, 3.8) is 0 Å². The van der Waals surface area contributed by atoms with Crippen molar-refractivity contribution in [3.05, 3.63) is 0 Å². The van der Waals surface area contributed by atoms with Crippen molar-refractivity contribution in [3.8, 4) is 0 Å². The summed E-state index contributed by atoms with van der Waals surface area (Å²) in [5.41, 5.74) is 0. The molecule has 5 nitrogen and oxygen atoms in total. The lowest BCUT2D eigenvalue weighted by Gasteiger charge is -2.10. The van der Waals surface area contributed by atoms with Gasteiger partial charge in [-0.1, -0.05) is 0 Å². The maximum atomic E-state index is 9.17. The van der Waals surface area contributed by atoms with Gasteiger partial charge in [0.1, 0.15) is 24.4 Å². The fourth-order valence-electron chi connectivity index (χ4n) is 1.48. The zero-order valence-corrected chi connectivity index (χ0v) is 5.75. The molecule has 0 saturated carbocycles. The van der Waals surface area contributed by atoms with Crippen LogP contribution in [0.25, 0.3) is 0 Å². The Morgan fingerprint density at radius 3 is 2.45 bits per heavy atom. The normalized spacial score (nSPS) is 56.5. The van der Waals surface area contributed by atoms with Crippen molar-refractivity contribution in [1.82, 2.24) is 0 Å². The van der Waals surface area contributed by atoms with Crippen LogP contribution < -0.4 is 0 Å². The first kappa shape index (κ1) is 7.45. The highest BCUT2D eigenvalue weighted by Gasteiger charge is 2.51. The molecule has 2 aliphatic heterocycles. The first-order chi connectivity index (χ1) is 5.20. The second kappa shape index (κ2) is 2.40. The molecular formula is C6H10O5. The highest BCUT2D eigenvalue weighted by Crippen LogP contribution is 2.29. The Kier molecular flexibility index (Phi) is 1.62. The molecule has 0 aromatic rings. The number of aliphatic hydroxyl groups is 3. The topological polar surface area (TPSA) is 79.2 Å². The predicted molar refractivity (Wildman–Crippen MR) is 32.6 cm³/mol. The quantitative estimate of drug-likeness (QED) is 0.377. The van der Waals surface area contributed by atoms with Crippen LogP contribution in [0.5, 0.6) is 0 Å². The molecule has 0 aromatic heterocycles. The summed E-state index contributed by atoms with van der Waals surface area (Å²) in [6.07, 6.45) is -4.12. The molecule has 2 saturated heterocycles. The van der Waals surface area contributed by atoms with Gasteiger partial charge in [0.2, 0.25) is 0 Å². The SMILES string of the molecule is OC1O[C@H]2[C@@H](OC[C@@H]2O)[C@@H]1O. The Balaban J connectivity index is 2.12. The summed E-state index contributed by atoms with van der Waals surface area (Å²) in [5.74, 6) is 0. The van der Waals surface area contributed by atoms with Gasteiger partial charge in [-0.2, -0.15) is 0 Å². The summed E-state index contributed by atoms with van der Waals surface area (Å²) in [6, 6.07) is 0. The Morgan fingerprint density at radius 2 is 1.82 bits per heavy atom. The number of aliphatic hydroxyl groups excluding tert-OH is 3. The Morgan fingerprint density at radius 1 is 1.09 bits per heavy atom. The summed E-state index contributed by atoms with van der Waals surface area (Å²) >= 11 is 0. The van der Waals surface area contributed by atoms with E-state index in [1.54, 1.807) is 0 Å². The second-order valence-corrected chi connectivity index (χ2v) is 2.85. The molecule has 5 heteroatoms. The number of fused-ring (bicyclic) bond motifs is 1. The molecule has 0 radical (unpaired) electrons. The van der Waals surface area contributed by atoms with Gasteiger partial charge in [-0.05, 0) is 0 Å². The second-order valence-electron chi connectivity index (χ2n) is 2.85. The molecule has 2 aliphatic rings. The van der Waals surface area contributed by atoms with Crippen LogP contribution in [0.3, 0.4) is 0 Å². The van der Waals surface area contributed by atoms with Gasteiger partial charge in [0.25, 0.3) is 0 Å². The van der Waals surface area contributed by atoms with E-state index in [9.17, 15) is 5.11 Å². The van der Waals surface area contributed by atoms with Crippen LogP contribution in [-0.2, 0) is 9.47 Å². The molecule has 3 N–H and O–H groups in total. The number of hydrogen-bond donors (Lipinski definition) is 3. The first-order valence-electron chi connectivity index (χ1n) is 3.51. The summed E-state index contributed by atoms with van der Waals surface area (Å²) in [4.78, 5) is 0. The molecule has 5 atom stereocenters. The summed E-state index contributed by atoms with van der Waals surface area (Å²) in [5, 5.41) is 27.3. The number of ether oxygens (including phenoxy) is 2. The van der Waals surface area contributed by atoms with E-state index in [0.717, 1.165) is 0 Å². The number of hydrogen-bond acceptors (Lipinski definition) is 5. The molecule has 0 aliphatic carbocycles. The van der Waals surface area contributed by atoms with Gasteiger partial charge in [0.15, 0.2) is 6.29 Å². The Hall–Kier alpha value is -0.200. The Labute approximate surface area is 63.2 Å². The Bertz CT molecular complexity index is 161. The van der Waals surface area contributed by atoms with Gasteiger partial charge in [0.05, 0.1) is 6.61 Å². The van der Waals surface area contributed by atoms with Gasteiger partial charge in [-0.15, -0.1) is 0 Å². The van der Waals surface area contributed by atoms with Gasteiger partial charge in [0, 0.05) is 0 Å². The number of rotatable bonds is 0. The first-order valence-corrected chi connectivity index (χ1v) is 3.51. The van der Waals surface area contributed by atoms with Gasteiger partial charge in [-0.25, -0.2) is 0 Å². The molecule has 2 heterocycles. The van der Waals surface area contributed by atoms with Crippen molar-refractivity contribution in [2.45, 2.75) is 30.7 Å². The summed E-state index contributed by atoms with van der Waals surface area (Å²) < 4.78 is 9.83. The molecule has 2 rings (SSSR count). The smallest absolute Gasteiger partial charge is 0.184 e. The van der Waals surface area contributed by atoms with Crippen molar-refractivity contribution in [2.75, 3.05) is 6.61 Å². The third-order valence-electron chi connectivity index (χ3n) is 2.09. The maximum Gasteiger partial charge on any atom is 0.184 e. The van der Waals surface area contributed by atoms with Crippen LogP contribution in [0.1, 0.15) is 0 Å². The van der Waals surface area contributed by atoms with Gasteiger partial charge in [-0.3, -0.25) is 0 Å². The van der Waals surface area contributed by atoms with Crippen LogP contribution in [0.15, 0.2) is 0 Å². The summed E-state index contributed by atoms with van der Waals surface area (Å²) in [6.45, 7) is 0.166. The van der Waals surface area contributed by atoms with E-state index in [4.69, 9.17) is 19.7 Å². The average Bonchev–Trinajstić information content (AvgIpc) is 2.43. The molecule has 2 fully saturated rings. The van der Waals surface area contributed by atoms with E-state index in [2.05, 4.69) is 0 Å². The zero-order valence-electron chi connectivity index (χ0n) is 5.75. The standard InChI is InChI=1S/C6H10O5/c7-2-1-10-5-3(8)6(9)11-4(2)5/h2-9H,1H2/t2-,3-,4+,5-,6?/m0/s1. The average molecular weight is 162 g/mol. The van der Waals surface area contributed by atoms with Crippen molar-refractivity contribution < 1.29 is 24.8 Å². The molecular weight excluding hydrogens is 152 g/mol. The molecule has 1 unspecified atom stereocenters. The minimum absolute atomic E-state index is 0.166. The fraction of sp³-hybridized carbons (Fsp3) is 1.00. The molecule has 0 bridgehead atoms. The predicted octanol–water partition coefficient (Wildman–Crippen LogP) is -2.18. The van der Waals surface area contributed by atoms with Crippen LogP contribution in [0.4, 0.5) is 0 Å². The van der Waals surface area contributed by atoms with Crippen LogP contribution >= 0.6 is 0 Å². The van der Waals surface area contributed by atoms with Crippen molar-refractivity contribution >= 4 is 0 Å². The fourth-order valence-corrected chi connectivity index (χ4v) is 1.48. The van der Waals surface area contributed by atoms with Crippen LogP contribution in [0, 0.1) is 0 Å². The van der Waals surface area contributed by atoms with Gasteiger partial charge < -0.3 is 24.8 Å². The largest absolute Gasteiger partial charge is 0.388 e. The molecule has 0 amide bonds. The third kappa shape index (κ3) is 0.969. The van der Waals surface area contributed by atoms with E-state index < -0.39 is 30.7 Å². The van der Waals surface area contributed by atoms with Crippen LogP contribution in [-0.4, -0.2) is 52.6 Å². The van der Waals surface area contributed by atoms with E-state index in [1.807, 2.05) is 0 Å². The van der Waals surface area contributed by atoms with Crippen molar-refractivity contribution in [1.29, 1.82) is 0 Å². The minimum atomic E-state index is -1.22. The lowest BCUT2D eigenvalue weighted by Crippen LogP contribution is -2.32. The lowest BCUT2D eigenvalue weighted by atomic mass is 10.1.